The molecule has 0 unspecified atom stereocenters. The van der Waals surface area contributed by atoms with Gasteiger partial charge in [-0.25, -0.2) is 0 Å². The van der Waals surface area contributed by atoms with E-state index in [0.29, 0.717) is 12.1 Å². The monoisotopic (exact) mass is 130 g/mol. The number of azo groups is 1. The van der Waals surface area contributed by atoms with Crippen LogP contribution in [0.5, 0.6) is 0 Å². The van der Waals surface area contributed by atoms with Crippen LogP contribution in [0.1, 0.15) is 35.1 Å². The second kappa shape index (κ2) is 5.73. The summed E-state index contributed by atoms with van der Waals surface area (Å²) in [6.45, 7) is 8.08. The third-order valence-corrected chi connectivity index (χ3v) is 0.529. The molecule has 9 heavy (non-hydrogen) atoms. The van der Waals surface area contributed by atoms with Gasteiger partial charge in [-0.2, -0.15) is 10.2 Å². The average molecular weight is 130 g/mol. The summed E-state index contributed by atoms with van der Waals surface area (Å²) >= 11 is 0. The molecule has 0 aromatic heterocycles. The first-order valence-corrected chi connectivity index (χ1v) is 3.03. The van der Waals surface area contributed by atoms with Gasteiger partial charge in [0.15, 0.2) is 0 Å². The molecule has 0 aliphatic carbocycles. The summed E-state index contributed by atoms with van der Waals surface area (Å²) in [4.78, 5) is 0. The Kier molecular flexibility index (Phi) is 7.26. The maximum absolute atomic E-state index is 3.95. The maximum Gasteiger partial charge on any atom is 0.0652 e. The second-order valence-electron chi connectivity index (χ2n) is 2.42. The van der Waals surface area contributed by atoms with Crippen LogP contribution < -0.4 is 0 Å². The van der Waals surface area contributed by atoms with Gasteiger partial charge < -0.3 is 0 Å². The van der Waals surface area contributed by atoms with Crippen LogP contribution in [0.15, 0.2) is 10.2 Å². The molecule has 0 heterocycles. The Balaban J connectivity index is 0. The molecule has 0 N–H and O–H groups in total. The highest BCUT2D eigenvalue weighted by molar-refractivity contribution is 4.49. The van der Waals surface area contributed by atoms with E-state index >= 15 is 0 Å². The molecule has 0 atom stereocenters. The van der Waals surface area contributed by atoms with E-state index in [1.807, 2.05) is 27.7 Å². The van der Waals surface area contributed by atoms with E-state index in [-0.39, 0.29) is 7.43 Å². The van der Waals surface area contributed by atoms with Gasteiger partial charge in [0.1, 0.15) is 0 Å². The highest BCUT2D eigenvalue weighted by Gasteiger charge is 1.87. The van der Waals surface area contributed by atoms with Crippen LogP contribution in [0.2, 0.25) is 0 Å². The van der Waals surface area contributed by atoms with Crippen LogP contribution in [0, 0.1) is 0 Å². The summed E-state index contributed by atoms with van der Waals surface area (Å²) in [6, 6.07) is 0.690. The normalized spacial score (nSPS) is 10.9. The Bertz CT molecular complexity index is 65.0. The van der Waals surface area contributed by atoms with E-state index in [4.69, 9.17) is 0 Å². The molecule has 2 nitrogen and oxygen atoms in total. The summed E-state index contributed by atoms with van der Waals surface area (Å²) in [7, 11) is 0. The highest BCUT2D eigenvalue weighted by Crippen LogP contribution is 1.91. The van der Waals surface area contributed by atoms with E-state index in [1.54, 1.807) is 0 Å². The molecule has 56 valence electrons. The van der Waals surface area contributed by atoms with Gasteiger partial charge in [0, 0.05) is 0 Å². The van der Waals surface area contributed by atoms with Gasteiger partial charge in [-0.05, 0) is 27.7 Å². The minimum absolute atomic E-state index is 0. The summed E-state index contributed by atoms with van der Waals surface area (Å²) in [5.74, 6) is 0. The lowest BCUT2D eigenvalue weighted by molar-refractivity contribution is 0.678. The van der Waals surface area contributed by atoms with Crippen LogP contribution >= 0.6 is 0 Å². The smallest absolute Gasteiger partial charge is 0.0652 e. The third kappa shape index (κ3) is 11.3. The Morgan fingerprint density at radius 1 is 0.778 bits per heavy atom. The van der Waals surface area contributed by atoms with E-state index < -0.39 is 0 Å². The molecule has 0 rings (SSSR count). The SMILES string of the molecule is C.CC(C)N=NC(C)C. The topological polar surface area (TPSA) is 24.7 Å². The van der Waals surface area contributed by atoms with Gasteiger partial charge >= 0.3 is 0 Å². The van der Waals surface area contributed by atoms with Crippen molar-refractivity contribution in [1.29, 1.82) is 0 Å². The lowest BCUT2D eigenvalue weighted by atomic mass is 10.4. The molecular formula is C7H18N2. The molecule has 2 heteroatoms. The fraction of sp³-hybridized carbons (Fsp3) is 1.00. The van der Waals surface area contributed by atoms with Crippen LogP contribution in [0.4, 0.5) is 0 Å². The first-order chi connectivity index (χ1) is 3.63. The van der Waals surface area contributed by atoms with Crippen molar-refractivity contribution >= 4 is 0 Å². The molecule has 0 bridgehead atoms. The molecule has 0 amide bonds. The molecule has 0 aliphatic heterocycles. The predicted molar refractivity (Wildman–Crippen MR) is 41.9 cm³/mol. The minimum Gasteiger partial charge on any atom is -0.191 e. The Labute approximate surface area is 58.4 Å². The Morgan fingerprint density at radius 2 is 1.00 bits per heavy atom. The van der Waals surface area contributed by atoms with Gasteiger partial charge in [-0.3, -0.25) is 0 Å². The van der Waals surface area contributed by atoms with Gasteiger partial charge in [-0.1, -0.05) is 7.43 Å². The van der Waals surface area contributed by atoms with E-state index in [1.165, 1.54) is 0 Å². The lowest BCUT2D eigenvalue weighted by Crippen LogP contribution is -1.90. The van der Waals surface area contributed by atoms with Crippen LogP contribution in [-0.4, -0.2) is 12.1 Å². The molecule has 0 radical (unpaired) electrons. The van der Waals surface area contributed by atoms with Gasteiger partial charge in [-0.15, -0.1) is 0 Å². The maximum atomic E-state index is 3.95. The zero-order valence-electron chi connectivity index (χ0n) is 6.05. The number of hydrogen-bond donors (Lipinski definition) is 0. The standard InChI is InChI=1S/C6H14N2.CH4/c1-5(2)7-8-6(3)4;/h5-6H,1-4H3;1H4. The molecule has 0 aromatic carbocycles. The predicted octanol–water partition coefficient (Wildman–Crippen LogP) is 2.89. The van der Waals surface area contributed by atoms with Crippen molar-refractivity contribution < 1.29 is 0 Å². The van der Waals surface area contributed by atoms with Gasteiger partial charge in [0.25, 0.3) is 0 Å². The highest BCUT2D eigenvalue weighted by atomic mass is 15.1. The number of rotatable bonds is 2. The van der Waals surface area contributed by atoms with Gasteiger partial charge in [0.05, 0.1) is 12.1 Å². The Morgan fingerprint density at radius 3 is 1.11 bits per heavy atom. The largest absolute Gasteiger partial charge is 0.191 e. The average Bonchev–Trinajstić information content (AvgIpc) is 1.61. The molecule has 0 spiro atoms. The minimum atomic E-state index is 0. The summed E-state index contributed by atoms with van der Waals surface area (Å²) in [5, 5.41) is 7.90. The van der Waals surface area contributed by atoms with Crippen molar-refractivity contribution in [2.24, 2.45) is 10.2 Å². The summed E-state index contributed by atoms with van der Waals surface area (Å²) < 4.78 is 0. The van der Waals surface area contributed by atoms with Crippen molar-refractivity contribution in [3.05, 3.63) is 0 Å². The molecule has 0 saturated carbocycles. The van der Waals surface area contributed by atoms with Gasteiger partial charge in [0.2, 0.25) is 0 Å². The van der Waals surface area contributed by atoms with E-state index in [0.717, 1.165) is 0 Å². The fourth-order valence-electron chi connectivity index (χ4n) is 0.267. The molecule has 0 saturated heterocycles. The van der Waals surface area contributed by atoms with E-state index in [2.05, 4.69) is 10.2 Å². The second-order valence-corrected chi connectivity index (χ2v) is 2.42. The Hall–Kier alpha value is -0.400. The quantitative estimate of drug-likeness (QED) is 0.513. The van der Waals surface area contributed by atoms with Crippen molar-refractivity contribution in [3.8, 4) is 0 Å². The fourth-order valence-corrected chi connectivity index (χ4v) is 0.267. The zero-order chi connectivity index (χ0) is 6.57. The first-order valence-electron chi connectivity index (χ1n) is 3.03. The van der Waals surface area contributed by atoms with Crippen LogP contribution in [0.25, 0.3) is 0 Å². The number of nitrogens with zero attached hydrogens (tertiary/aromatic N) is 2. The first kappa shape index (κ1) is 11.4. The molecule has 0 aromatic rings. The molecular weight excluding hydrogens is 112 g/mol. The molecule has 0 fully saturated rings. The van der Waals surface area contributed by atoms with Crippen LogP contribution in [0.3, 0.4) is 0 Å². The summed E-state index contributed by atoms with van der Waals surface area (Å²) in [5.41, 5.74) is 0. The number of hydrogen-bond acceptors (Lipinski definition) is 2. The summed E-state index contributed by atoms with van der Waals surface area (Å²) in [6.07, 6.45) is 0. The lowest BCUT2D eigenvalue weighted by Gasteiger charge is -1.94. The van der Waals surface area contributed by atoms with Crippen LogP contribution in [-0.2, 0) is 0 Å². The van der Waals surface area contributed by atoms with E-state index in [9.17, 15) is 0 Å². The van der Waals surface area contributed by atoms with Crippen molar-refractivity contribution in [3.63, 3.8) is 0 Å². The van der Waals surface area contributed by atoms with Crippen molar-refractivity contribution in [2.75, 3.05) is 0 Å². The zero-order valence-corrected chi connectivity index (χ0v) is 6.05. The van der Waals surface area contributed by atoms with Crippen molar-refractivity contribution in [2.45, 2.75) is 47.2 Å². The van der Waals surface area contributed by atoms with Crippen molar-refractivity contribution in [1.82, 2.24) is 0 Å². The third-order valence-electron chi connectivity index (χ3n) is 0.529. The molecule has 0 aliphatic rings.